The summed E-state index contributed by atoms with van der Waals surface area (Å²) >= 11 is 0. The van der Waals surface area contributed by atoms with Crippen molar-refractivity contribution in [2.24, 2.45) is 0 Å². The lowest BCUT2D eigenvalue weighted by molar-refractivity contribution is -0.150. The number of carbonyl (C=O) groups is 2. The molecule has 0 radical (unpaired) electrons. The van der Waals surface area contributed by atoms with Crippen molar-refractivity contribution in [3.63, 3.8) is 0 Å². The zero-order valence-corrected chi connectivity index (χ0v) is 24.3. The molecule has 0 spiro atoms. The Hall–Kier alpha value is -4.26. The summed E-state index contributed by atoms with van der Waals surface area (Å²) < 4.78 is 28.5. The molecule has 2 aromatic carbocycles. The van der Waals surface area contributed by atoms with Crippen molar-refractivity contribution in [1.82, 2.24) is 30.5 Å². The fourth-order valence-corrected chi connectivity index (χ4v) is 6.36. The number of nitrogens with zero attached hydrogens (tertiary/aromatic N) is 4. The molecule has 44 heavy (non-hydrogen) atoms. The number of H-pyrrole nitrogens is 1. The van der Waals surface area contributed by atoms with E-state index in [1.165, 1.54) is 4.90 Å². The van der Waals surface area contributed by atoms with Gasteiger partial charge in [0.15, 0.2) is 5.60 Å². The third-order valence-corrected chi connectivity index (χ3v) is 8.90. The van der Waals surface area contributed by atoms with E-state index in [1.807, 2.05) is 35.4 Å². The number of halogens is 2. The standard InChI is InChI=1S/C32H33F2N7O3/c1-35-44-32(10-13-40(18-32)17-29(42)41-12-9-22-24(16-41)26(34)6-5-25(22)33)31(43)37-21-4-7-27-23(15-21)30(39-38-27)20-8-11-36-28(14-20)19-2-3-19/h4-8,11,14-15,19,35H,2-3,9-10,12-13,16-18H2,1H3,(H,37,43)(H,38,39)/t32-/m0/s1. The molecule has 10 nitrogen and oxygen atoms in total. The lowest BCUT2D eigenvalue weighted by Gasteiger charge is -2.31. The number of rotatable bonds is 8. The number of benzene rings is 2. The molecule has 4 heterocycles. The van der Waals surface area contributed by atoms with Gasteiger partial charge in [-0.15, -0.1) is 0 Å². The minimum atomic E-state index is -1.24. The lowest BCUT2D eigenvalue weighted by atomic mass is 9.98. The summed E-state index contributed by atoms with van der Waals surface area (Å²) in [5.41, 5.74) is 6.25. The van der Waals surface area contributed by atoms with Crippen LogP contribution in [0.2, 0.25) is 0 Å². The zero-order chi connectivity index (χ0) is 30.4. The Morgan fingerprint density at radius 2 is 1.91 bits per heavy atom. The van der Waals surface area contributed by atoms with E-state index in [9.17, 15) is 18.4 Å². The fraction of sp³-hybridized carbons (Fsp3) is 0.375. The molecular weight excluding hydrogens is 568 g/mol. The molecule has 0 unspecified atom stereocenters. The third kappa shape index (κ3) is 5.33. The summed E-state index contributed by atoms with van der Waals surface area (Å²) in [5, 5.41) is 11.5. The van der Waals surface area contributed by atoms with Gasteiger partial charge in [0.25, 0.3) is 5.91 Å². The zero-order valence-electron chi connectivity index (χ0n) is 24.3. The molecule has 2 amide bonds. The maximum Gasteiger partial charge on any atom is 0.260 e. The monoisotopic (exact) mass is 601 g/mol. The van der Waals surface area contributed by atoms with Crippen molar-refractivity contribution in [3.05, 3.63) is 77.1 Å². The molecule has 12 heteroatoms. The third-order valence-electron chi connectivity index (χ3n) is 8.90. The molecule has 1 saturated heterocycles. The predicted molar refractivity (Wildman–Crippen MR) is 159 cm³/mol. The van der Waals surface area contributed by atoms with E-state index >= 15 is 0 Å². The van der Waals surface area contributed by atoms with Gasteiger partial charge >= 0.3 is 0 Å². The number of hydrogen-bond acceptors (Lipinski definition) is 7. The lowest BCUT2D eigenvalue weighted by Crippen LogP contribution is -2.51. The Labute approximate surface area is 252 Å². The van der Waals surface area contributed by atoms with Crippen LogP contribution in [0, 0.1) is 11.6 Å². The van der Waals surface area contributed by atoms with Crippen molar-refractivity contribution >= 4 is 28.4 Å². The summed E-state index contributed by atoms with van der Waals surface area (Å²) in [6.07, 6.45) is 4.74. The summed E-state index contributed by atoms with van der Waals surface area (Å²) in [5.74, 6) is -0.989. The highest BCUT2D eigenvalue weighted by atomic mass is 19.1. The molecule has 1 atom stereocenters. The molecule has 2 fully saturated rings. The van der Waals surface area contributed by atoms with Crippen LogP contribution < -0.4 is 10.8 Å². The van der Waals surface area contributed by atoms with Crippen LogP contribution >= 0.6 is 0 Å². The van der Waals surface area contributed by atoms with Crippen LogP contribution in [0.3, 0.4) is 0 Å². The van der Waals surface area contributed by atoms with E-state index in [0.717, 1.165) is 52.8 Å². The Bertz CT molecular complexity index is 1760. The number of amides is 2. The highest BCUT2D eigenvalue weighted by molar-refractivity contribution is 6.01. The van der Waals surface area contributed by atoms with Crippen molar-refractivity contribution in [2.45, 2.75) is 43.7 Å². The summed E-state index contributed by atoms with van der Waals surface area (Å²) in [6.45, 7) is 0.986. The molecule has 228 valence electrons. The van der Waals surface area contributed by atoms with Crippen LogP contribution in [-0.4, -0.2) is 75.6 Å². The van der Waals surface area contributed by atoms with Gasteiger partial charge in [-0.3, -0.25) is 29.4 Å². The number of carbonyl (C=O) groups excluding carboxylic acids is 2. The van der Waals surface area contributed by atoms with E-state index in [4.69, 9.17) is 4.84 Å². The van der Waals surface area contributed by atoms with Gasteiger partial charge in [-0.25, -0.2) is 14.3 Å². The SMILES string of the molecule is CNO[C@@]1(C(=O)Nc2ccc3[nH]nc(-c4ccnc(C5CC5)c4)c3c2)CCN(CC(=O)N2CCc3c(F)ccc(F)c3C2)C1. The number of anilines is 1. The predicted octanol–water partition coefficient (Wildman–Crippen LogP) is 3.90. The molecule has 2 aliphatic heterocycles. The smallest absolute Gasteiger partial charge is 0.260 e. The van der Waals surface area contributed by atoms with Crippen LogP contribution in [0.25, 0.3) is 22.2 Å². The Morgan fingerprint density at radius 3 is 2.70 bits per heavy atom. The average Bonchev–Trinajstić information content (AvgIpc) is 3.68. The average molecular weight is 602 g/mol. The van der Waals surface area contributed by atoms with E-state index in [0.29, 0.717) is 36.7 Å². The van der Waals surface area contributed by atoms with Crippen molar-refractivity contribution in [3.8, 4) is 11.3 Å². The van der Waals surface area contributed by atoms with Crippen LogP contribution in [0.15, 0.2) is 48.7 Å². The minimum absolute atomic E-state index is 0.0180. The first-order chi connectivity index (χ1) is 21.3. The number of aromatic amines is 1. The molecule has 1 aliphatic carbocycles. The molecule has 2 aromatic heterocycles. The summed E-state index contributed by atoms with van der Waals surface area (Å²) in [6, 6.07) is 11.8. The molecule has 3 aliphatic rings. The van der Waals surface area contributed by atoms with Gasteiger partial charge in [-0.2, -0.15) is 5.10 Å². The molecule has 0 bridgehead atoms. The van der Waals surface area contributed by atoms with Gasteiger partial charge in [0.2, 0.25) is 5.91 Å². The van der Waals surface area contributed by atoms with E-state index < -0.39 is 17.2 Å². The van der Waals surface area contributed by atoms with Crippen molar-refractivity contribution in [2.75, 3.05) is 38.5 Å². The largest absolute Gasteiger partial charge is 0.337 e. The van der Waals surface area contributed by atoms with Crippen LogP contribution in [0.5, 0.6) is 0 Å². The van der Waals surface area contributed by atoms with Crippen LogP contribution in [0.1, 0.15) is 42.0 Å². The molecular formula is C32H33F2N7O3. The highest BCUT2D eigenvalue weighted by Crippen LogP contribution is 2.40. The first-order valence-corrected chi connectivity index (χ1v) is 14.9. The number of likely N-dealkylation sites (tertiary alicyclic amines) is 1. The van der Waals surface area contributed by atoms with Gasteiger partial charge in [0, 0.05) is 79.7 Å². The second-order valence-corrected chi connectivity index (χ2v) is 11.8. The molecule has 7 rings (SSSR count). The summed E-state index contributed by atoms with van der Waals surface area (Å²) in [4.78, 5) is 40.6. The van der Waals surface area contributed by atoms with Gasteiger partial charge in [0.1, 0.15) is 17.3 Å². The molecule has 4 aromatic rings. The molecule has 3 N–H and O–H groups in total. The minimum Gasteiger partial charge on any atom is -0.337 e. The molecule has 1 saturated carbocycles. The van der Waals surface area contributed by atoms with Gasteiger partial charge < -0.3 is 10.2 Å². The second-order valence-electron chi connectivity index (χ2n) is 11.8. The maximum atomic E-state index is 14.4. The van der Waals surface area contributed by atoms with E-state index in [2.05, 4.69) is 32.0 Å². The van der Waals surface area contributed by atoms with Crippen LogP contribution in [-0.2, 0) is 27.4 Å². The highest BCUT2D eigenvalue weighted by Gasteiger charge is 2.47. The number of pyridine rings is 1. The quantitative estimate of drug-likeness (QED) is 0.263. The normalized spacial score (nSPS) is 20.2. The first-order valence-electron chi connectivity index (χ1n) is 14.9. The number of nitrogens with one attached hydrogen (secondary N) is 3. The van der Waals surface area contributed by atoms with E-state index in [1.54, 1.807) is 7.05 Å². The number of hydrogen-bond donors (Lipinski definition) is 3. The van der Waals surface area contributed by atoms with Gasteiger partial charge in [-0.05, 0) is 67.3 Å². The van der Waals surface area contributed by atoms with Crippen molar-refractivity contribution < 1.29 is 23.2 Å². The first kappa shape index (κ1) is 28.5. The summed E-state index contributed by atoms with van der Waals surface area (Å²) in [7, 11) is 1.59. The fourth-order valence-electron chi connectivity index (χ4n) is 6.36. The van der Waals surface area contributed by atoms with Gasteiger partial charge in [-0.1, -0.05) is 0 Å². The maximum absolute atomic E-state index is 14.4. The van der Waals surface area contributed by atoms with Gasteiger partial charge in [0.05, 0.1) is 12.1 Å². The topological polar surface area (TPSA) is 115 Å². The van der Waals surface area contributed by atoms with Crippen LogP contribution in [0.4, 0.5) is 14.5 Å². The Kier molecular flexibility index (Phi) is 7.35. The number of aromatic nitrogens is 3. The number of fused-ring (bicyclic) bond motifs is 2. The Balaban J connectivity index is 1.04. The number of hydroxylamine groups is 1. The second kappa shape index (κ2) is 11.3. The van der Waals surface area contributed by atoms with Crippen molar-refractivity contribution in [1.29, 1.82) is 0 Å². The van der Waals surface area contributed by atoms with E-state index in [-0.39, 0.29) is 43.4 Å². The Morgan fingerprint density at radius 1 is 1.09 bits per heavy atom.